The number of amides is 1. The molecule has 0 aromatic heterocycles. The van der Waals surface area contributed by atoms with Crippen molar-refractivity contribution in [2.75, 3.05) is 18.6 Å². The van der Waals surface area contributed by atoms with E-state index in [9.17, 15) is 23.5 Å². The number of rotatable bonds is 20. The van der Waals surface area contributed by atoms with Gasteiger partial charge in [0.15, 0.2) is 0 Å². The third-order valence-corrected chi connectivity index (χ3v) is 12.5. The van der Waals surface area contributed by atoms with Gasteiger partial charge in [-0.3, -0.25) is 9.59 Å². The molecule has 0 bridgehead atoms. The normalized spacial score (nSPS) is 21.8. The Kier molecular flexibility index (Phi) is 15.7. The average molecular weight is 912 g/mol. The first-order valence-electron chi connectivity index (χ1n) is 22.6. The second kappa shape index (κ2) is 22.4. The monoisotopic (exact) mass is 911 g/mol. The van der Waals surface area contributed by atoms with Crippen molar-refractivity contribution in [3.63, 3.8) is 0 Å². The lowest BCUT2D eigenvalue weighted by Gasteiger charge is -2.48. The molecule has 348 valence electrons. The summed E-state index contributed by atoms with van der Waals surface area (Å²) in [6.45, 7) is 1.95. The molecular formula is C55H55F2NO9. The number of carbonyl (C=O) groups excluding carboxylic acids is 2. The van der Waals surface area contributed by atoms with E-state index in [1.54, 1.807) is 36.3 Å². The first kappa shape index (κ1) is 47.1. The standard InChI is InChI=1S/C55H55F2NO9/c1-36(60)66-49(40-15-19-43(56)20-16-40)30-29-48-51(58(55(48)61)45-23-21-44(57)22-24-45)41-17-27-47(28-18-41)67-50-31-42(32-59)52(63-35-39-13-25-46(62-2)26-14-39)54(65-34-38-11-7-4-8-12-38)53(50)64-33-37-9-5-3-6-10-37/h3-28,42,48-54,59H,29-35H2,1-2H3/t42-,48-,49+,50-,51-,52-,53+,54+/m1/s1. The number of halogens is 2. The molecule has 1 N–H and O–H groups in total. The third kappa shape index (κ3) is 11.8. The number of aliphatic hydroxyl groups excluding tert-OH is 1. The van der Waals surface area contributed by atoms with E-state index in [1.807, 2.05) is 109 Å². The van der Waals surface area contributed by atoms with E-state index in [-0.39, 0.29) is 38.3 Å². The SMILES string of the molecule is COc1ccc(CO[C@@H]2[C@@H](CO)C[C@@H](Oc3ccc([C@@H]4[C@@H](CC[C@H](OC(C)=O)c5ccc(F)cc5)C(=O)N4c4ccc(F)cc4)cc3)[C@H](OCc3ccccc3)[C@H]2OCc2ccccc2)cc1. The van der Waals surface area contributed by atoms with Crippen LogP contribution in [-0.2, 0) is 48.4 Å². The van der Waals surface area contributed by atoms with Gasteiger partial charge in [-0.05, 0) is 108 Å². The van der Waals surface area contributed by atoms with E-state index in [2.05, 4.69) is 0 Å². The fraction of sp³-hybridized carbons (Fsp3) is 0.309. The van der Waals surface area contributed by atoms with Crippen molar-refractivity contribution in [1.82, 2.24) is 0 Å². The molecule has 0 spiro atoms. The van der Waals surface area contributed by atoms with E-state index >= 15 is 0 Å². The Balaban J connectivity index is 1.06. The van der Waals surface area contributed by atoms with Crippen LogP contribution in [0, 0.1) is 23.5 Å². The second-order valence-corrected chi connectivity index (χ2v) is 17.0. The number of benzene rings is 6. The quantitative estimate of drug-likeness (QED) is 0.0591. The Bertz CT molecular complexity index is 2490. The van der Waals surface area contributed by atoms with Crippen molar-refractivity contribution in [3.8, 4) is 11.5 Å². The summed E-state index contributed by atoms with van der Waals surface area (Å²) in [5.41, 5.74) is 4.86. The molecule has 1 aliphatic carbocycles. The van der Waals surface area contributed by atoms with Crippen LogP contribution in [0.4, 0.5) is 14.5 Å². The van der Waals surface area contributed by atoms with Crippen molar-refractivity contribution in [2.45, 2.75) is 82.6 Å². The number of nitrogens with zero attached hydrogens (tertiary/aromatic N) is 1. The Hall–Kier alpha value is -6.44. The molecule has 8 atom stereocenters. The van der Waals surface area contributed by atoms with Gasteiger partial charge in [0, 0.05) is 25.1 Å². The van der Waals surface area contributed by atoms with Crippen molar-refractivity contribution < 1.29 is 51.9 Å². The predicted octanol–water partition coefficient (Wildman–Crippen LogP) is 10.3. The zero-order valence-electron chi connectivity index (χ0n) is 37.5. The topological polar surface area (TPSA) is 113 Å². The highest BCUT2D eigenvalue weighted by molar-refractivity contribution is 6.03. The van der Waals surface area contributed by atoms with Gasteiger partial charge in [-0.1, -0.05) is 97.1 Å². The lowest BCUT2D eigenvalue weighted by molar-refractivity contribution is -0.218. The molecule has 1 saturated carbocycles. The molecule has 0 unspecified atom stereocenters. The van der Waals surface area contributed by atoms with Crippen molar-refractivity contribution in [2.24, 2.45) is 11.8 Å². The van der Waals surface area contributed by atoms with Gasteiger partial charge in [0.05, 0.1) is 45.0 Å². The first-order chi connectivity index (χ1) is 32.7. The molecule has 6 aromatic rings. The predicted molar refractivity (Wildman–Crippen MR) is 248 cm³/mol. The third-order valence-electron chi connectivity index (χ3n) is 12.5. The van der Waals surface area contributed by atoms with E-state index < -0.39 is 60.1 Å². The molecule has 8 rings (SSSR count). The highest BCUT2D eigenvalue weighted by atomic mass is 19.1. The summed E-state index contributed by atoms with van der Waals surface area (Å²) in [7, 11) is 1.62. The number of anilines is 1. The van der Waals surface area contributed by atoms with Crippen molar-refractivity contribution in [3.05, 3.63) is 197 Å². The van der Waals surface area contributed by atoms with E-state index in [4.69, 9.17) is 28.4 Å². The minimum Gasteiger partial charge on any atom is -0.497 e. The summed E-state index contributed by atoms with van der Waals surface area (Å²) in [6, 6.07) is 46.1. The molecule has 2 fully saturated rings. The number of ether oxygens (including phenoxy) is 6. The average Bonchev–Trinajstić information content (AvgIpc) is 3.35. The number of carbonyl (C=O) groups is 2. The molecule has 1 aliphatic heterocycles. The van der Waals surface area contributed by atoms with Gasteiger partial charge in [0.25, 0.3) is 0 Å². The Morgan fingerprint density at radius 3 is 1.78 bits per heavy atom. The summed E-state index contributed by atoms with van der Waals surface area (Å²) >= 11 is 0. The summed E-state index contributed by atoms with van der Waals surface area (Å²) in [5, 5.41) is 11.0. The number of β-lactam (4-membered cyclic amide) rings is 1. The van der Waals surface area contributed by atoms with Gasteiger partial charge in [-0.15, -0.1) is 0 Å². The molecule has 1 heterocycles. The van der Waals surface area contributed by atoms with Crippen LogP contribution in [0.5, 0.6) is 11.5 Å². The molecule has 1 saturated heterocycles. The Labute approximate surface area is 390 Å². The van der Waals surface area contributed by atoms with Gasteiger partial charge < -0.3 is 38.4 Å². The second-order valence-electron chi connectivity index (χ2n) is 17.0. The largest absolute Gasteiger partial charge is 0.497 e. The summed E-state index contributed by atoms with van der Waals surface area (Å²) in [6.07, 6.45) is -2.07. The van der Waals surface area contributed by atoms with Crippen LogP contribution in [-0.4, -0.2) is 55.1 Å². The number of hydrogen-bond acceptors (Lipinski definition) is 9. The minimum absolute atomic E-state index is 0.154. The number of hydrogen-bond donors (Lipinski definition) is 1. The lowest BCUT2D eigenvalue weighted by atomic mass is 9.78. The maximum Gasteiger partial charge on any atom is 0.303 e. The van der Waals surface area contributed by atoms with Gasteiger partial charge in [0.2, 0.25) is 5.91 Å². The molecule has 10 nitrogen and oxygen atoms in total. The summed E-state index contributed by atoms with van der Waals surface area (Å²) < 4.78 is 66.1. The van der Waals surface area contributed by atoms with Crippen LogP contribution in [0.2, 0.25) is 0 Å². The van der Waals surface area contributed by atoms with Crippen LogP contribution in [0.15, 0.2) is 158 Å². The number of esters is 1. The molecular weight excluding hydrogens is 857 g/mol. The van der Waals surface area contributed by atoms with E-state index in [0.29, 0.717) is 36.3 Å². The lowest BCUT2D eigenvalue weighted by Crippen LogP contribution is -2.58. The molecule has 12 heteroatoms. The van der Waals surface area contributed by atoms with Crippen LogP contribution >= 0.6 is 0 Å². The minimum atomic E-state index is -0.689. The van der Waals surface area contributed by atoms with Crippen molar-refractivity contribution in [1.29, 1.82) is 0 Å². The maximum absolute atomic E-state index is 14.1. The van der Waals surface area contributed by atoms with Gasteiger partial charge in [-0.2, -0.15) is 0 Å². The zero-order chi connectivity index (χ0) is 46.7. The van der Waals surface area contributed by atoms with E-state index in [1.165, 1.54) is 31.2 Å². The molecule has 6 aromatic carbocycles. The number of methoxy groups -OCH3 is 1. The van der Waals surface area contributed by atoms with Crippen LogP contribution in [0.3, 0.4) is 0 Å². The molecule has 0 radical (unpaired) electrons. The summed E-state index contributed by atoms with van der Waals surface area (Å²) in [5.74, 6) is -1.09. The van der Waals surface area contributed by atoms with Crippen LogP contribution < -0.4 is 14.4 Å². The van der Waals surface area contributed by atoms with Crippen molar-refractivity contribution >= 4 is 17.6 Å². The Morgan fingerprint density at radius 2 is 1.21 bits per heavy atom. The highest BCUT2D eigenvalue weighted by Crippen LogP contribution is 2.47. The summed E-state index contributed by atoms with van der Waals surface area (Å²) in [4.78, 5) is 27.8. The number of aliphatic hydroxyl groups is 1. The fourth-order valence-corrected chi connectivity index (χ4v) is 9.12. The fourth-order valence-electron chi connectivity index (χ4n) is 9.12. The van der Waals surface area contributed by atoms with Gasteiger partial charge in [-0.25, -0.2) is 8.78 Å². The van der Waals surface area contributed by atoms with E-state index in [0.717, 1.165) is 28.0 Å². The Morgan fingerprint density at radius 1 is 0.672 bits per heavy atom. The molecule has 67 heavy (non-hydrogen) atoms. The van der Waals surface area contributed by atoms with Gasteiger partial charge in [0.1, 0.15) is 47.5 Å². The smallest absolute Gasteiger partial charge is 0.303 e. The van der Waals surface area contributed by atoms with Crippen LogP contribution in [0.1, 0.15) is 66.1 Å². The highest BCUT2D eigenvalue weighted by Gasteiger charge is 2.50. The molecule has 1 amide bonds. The van der Waals surface area contributed by atoms with Gasteiger partial charge >= 0.3 is 5.97 Å². The first-order valence-corrected chi connectivity index (χ1v) is 22.6. The molecule has 2 aliphatic rings. The zero-order valence-corrected chi connectivity index (χ0v) is 37.5. The maximum atomic E-state index is 14.1. The van der Waals surface area contributed by atoms with Crippen LogP contribution in [0.25, 0.3) is 0 Å².